The van der Waals surface area contributed by atoms with Gasteiger partial charge >= 0.3 is 12.0 Å². The fraction of sp³-hybridized carbons (Fsp3) is 0.526. The molecule has 27 heavy (non-hydrogen) atoms. The molecule has 0 saturated heterocycles. The minimum Gasteiger partial charge on any atom is -0.493 e. The summed E-state index contributed by atoms with van der Waals surface area (Å²) in [6.45, 7) is 6.76. The van der Waals surface area contributed by atoms with Crippen molar-refractivity contribution in [3.8, 4) is 11.5 Å². The second kappa shape index (κ2) is 9.80. The molecular weight excluding hydrogens is 352 g/mol. The van der Waals surface area contributed by atoms with Gasteiger partial charge in [0.2, 0.25) is 0 Å². The first-order valence-electron chi connectivity index (χ1n) is 8.59. The summed E-state index contributed by atoms with van der Waals surface area (Å²) in [6, 6.07) is 4.74. The van der Waals surface area contributed by atoms with Gasteiger partial charge in [-0.1, -0.05) is 12.1 Å². The van der Waals surface area contributed by atoms with Crippen LogP contribution in [0.25, 0.3) is 0 Å². The van der Waals surface area contributed by atoms with Crippen molar-refractivity contribution in [2.24, 2.45) is 0 Å². The van der Waals surface area contributed by atoms with Crippen LogP contribution in [0.5, 0.6) is 11.5 Å². The number of rotatable bonds is 7. The lowest BCUT2D eigenvalue weighted by Crippen LogP contribution is -2.50. The number of nitrogens with one attached hydrogen (secondary N) is 2. The van der Waals surface area contributed by atoms with Crippen molar-refractivity contribution >= 4 is 17.9 Å². The summed E-state index contributed by atoms with van der Waals surface area (Å²) in [5, 5.41) is 4.74. The molecule has 0 aliphatic rings. The zero-order chi connectivity index (χ0) is 20.6. The molecule has 150 valence electrons. The molecule has 0 spiro atoms. The van der Waals surface area contributed by atoms with E-state index < -0.39 is 29.6 Å². The van der Waals surface area contributed by atoms with Crippen molar-refractivity contribution in [1.82, 2.24) is 10.6 Å². The zero-order valence-electron chi connectivity index (χ0n) is 16.7. The van der Waals surface area contributed by atoms with E-state index in [9.17, 15) is 14.4 Å². The van der Waals surface area contributed by atoms with E-state index in [2.05, 4.69) is 10.6 Å². The Morgan fingerprint density at radius 1 is 1.11 bits per heavy atom. The molecule has 0 aliphatic carbocycles. The predicted molar refractivity (Wildman–Crippen MR) is 99.8 cm³/mol. The Morgan fingerprint density at radius 2 is 1.78 bits per heavy atom. The van der Waals surface area contributed by atoms with Gasteiger partial charge in [0.1, 0.15) is 0 Å². The van der Waals surface area contributed by atoms with Crippen LogP contribution in [-0.4, -0.2) is 43.8 Å². The number of ether oxygens (including phenoxy) is 3. The number of hydrogen-bond donors (Lipinski definition) is 2. The van der Waals surface area contributed by atoms with Gasteiger partial charge in [-0.25, -0.2) is 4.79 Å². The second-order valence-electron chi connectivity index (χ2n) is 6.98. The number of amides is 3. The van der Waals surface area contributed by atoms with Gasteiger partial charge in [-0.05, 0) is 45.7 Å². The highest BCUT2D eigenvalue weighted by Crippen LogP contribution is 2.31. The van der Waals surface area contributed by atoms with Crippen LogP contribution in [0.15, 0.2) is 18.2 Å². The van der Waals surface area contributed by atoms with E-state index in [0.29, 0.717) is 17.9 Å². The summed E-state index contributed by atoms with van der Waals surface area (Å²) < 4.78 is 15.6. The van der Waals surface area contributed by atoms with E-state index in [1.54, 1.807) is 32.9 Å². The first kappa shape index (κ1) is 22.3. The van der Waals surface area contributed by atoms with Crippen molar-refractivity contribution in [2.45, 2.75) is 52.2 Å². The number of imide groups is 1. The average Bonchev–Trinajstić information content (AvgIpc) is 2.57. The zero-order valence-corrected chi connectivity index (χ0v) is 16.7. The van der Waals surface area contributed by atoms with E-state index in [0.717, 1.165) is 5.56 Å². The maximum Gasteiger partial charge on any atom is 0.321 e. The Kier molecular flexibility index (Phi) is 8.08. The lowest BCUT2D eigenvalue weighted by atomic mass is 10.1. The van der Waals surface area contributed by atoms with Gasteiger partial charge < -0.3 is 19.5 Å². The summed E-state index contributed by atoms with van der Waals surface area (Å²) in [5.41, 5.74) is 0.301. The number of aryl methyl sites for hydroxylation is 1. The van der Waals surface area contributed by atoms with E-state index >= 15 is 0 Å². The topological polar surface area (TPSA) is 103 Å². The molecule has 1 aromatic rings. The molecule has 0 unspecified atom stereocenters. The van der Waals surface area contributed by atoms with Gasteiger partial charge in [-0.3, -0.25) is 14.9 Å². The summed E-state index contributed by atoms with van der Waals surface area (Å²) in [6.07, 6.45) is -0.677. The van der Waals surface area contributed by atoms with E-state index in [1.165, 1.54) is 21.1 Å². The van der Waals surface area contributed by atoms with Gasteiger partial charge in [-0.2, -0.15) is 0 Å². The molecule has 0 aromatic heterocycles. The molecule has 1 rings (SSSR count). The highest BCUT2D eigenvalue weighted by Gasteiger charge is 2.22. The molecule has 2 N–H and O–H groups in total. The summed E-state index contributed by atoms with van der Waals surface area (Å²) in [7, 11) is 3.06. The summed E-state index contributed by atoms with van der Waals surface area (Å²) >= 11 is 0. The Balaban J connectivity index is 2.55. The third-order valence-corrected chi connectivity index (χ3v) is 3.49. The molecule has 0 saturated carbocycles. The van der Waals surface area contributed by atoms with Crippen LogP contribution >= 0.6 is 0 Å². The fourth-order valence-corrected chi connectivity index (χ4v) is 2.28. The van der Waals surface area contributed by atoms with Gasteiger partial charge in [0.15, 0.2) is 17.6 Å². The van der Waals surface area contributed by atoms with Crippen LogP contribution in [0.4, 0.5) is 4.79 Å². The maximum absolute atomic E-state index is 12.0. The highest BCUT2D eigenvalue weighted by atomic mass is 16.5. The third-order valence-electron chi connectivity index (χ3n) is 3.49. The van der Waals surface area contributed by atoms with Crippen molar-refractivity contribution in [3.05, 3.63) is 23.8 Å². The molecule has 8 heteroatoms. The standard InChI is InChI=1S/C19H28N2O6/c1-12(17(23)20-18(24)21-19(2,3)4)27-15(22)11-10-13-8-7-9-14(25-5)16(13)26-6/h7-9,12H,10-11H2,1-6H3,(H2,20,21,23,24)/t12-/m1/s1. The van der Waals surface area contributed by atoms with E-state index in [4.69, 9.17) is 14.2 Å². The molecule has 0 fully saturated rings. The first-order chi connectivity index (χ1) is 12.6. The summed E-state index contributed by atoms with van der Waals surface area (Å²) in [5.74, 6) is -0.124. The lowest BCUT2D eigenvalue weighted by Gasteiger charge is -2.21. The number of carbonyl (C=O) groups is 3. The number of esters is 1. The number of carbonyl (C=O) groups excluding carboxylic acids is 3. The Labute approximate surface area is 159 Å². The highest BCUT2D eigenvalue weighted by molar-refractivity contribution is 5.97. The molecular formula is C19H28N2O6. The number of hydrogen-bond acceptors (Lipinski definition) is 6. The van der Waals surface area contributed by atoms with Gasteiger partial charge in [0.05, 0.1) is 14.2 Å². The number of benzene rings is 1. The molecule has 0 radical (unpaired) electrons. The van der Waals surface area contributed by atoms with E-state index in [1.807, 2.05) is 6.07 Å². The molecule has 0 bridgehead atoms. The Morgan fingerprint density at radius 3 is 2.33 bits per heavy atom. The van der Waals surface area contributed by atoms with Crippen LogP contribution in [0.1, 0.15) is 39.7 Å². The average molecular weight is 380 g/mol. The molecule has 3 amide bonds. The van der Waals surface area contributed by atoms with Gasteiger partial charge in [0.25, 0.3) is 5.91 Å². The normalized spacial score (nSPS) is 11.9. The van der Waals surface area contributed by atoms with Crippen LogP contribution in [-0.2, 0) is 20.7 Å². The van der Waals surface area contributed by atoms with Crippen molar-refractivity contribution in [2.75, 3.05) is 14.2 Å². The van der Waals surface area contributed by atoms with Crippen LogP contribution in [0.2, 0.25) is 0 Å². The number of urea groups is 1. The van der Waals surface area contributed by atoms with E-state index in [-0.39, 0.29) is 6.42 Å². The number of para-hydroxylation sites is 1. The number of methoxy groups -OCH3 is 2. The third kappa shape index (κ3) is 7.55. The lowest BCUT2D eigenvalue weighted by molar-refractivity contribution is -0.154. The smallest absolute Gasteiger partial charge is 0.321 e. The van der Waals surface area contributed by atoms with Gasteiger partial charge in [-0.15, -0.1) is 0 Å². The quantitative estimate of drug-likeness (QED) is 0.703. The second-order valence-corrected chi connectivity index (χ2v) is 6.98. The predicted octanol–water partition coefficient (Wildman–Crippen LogP) is 2.19. The van der Waals surface area contributed by atoms with Crippen LogP contribution < -0.4 is 20.1 Å². The van der Waals surface area contributed by atoms with Crippen molar-refractivity contribution in [1.29, 1.82) is 0 Å². The fourth-order valence-electron chi connectivity index (χ4n) is 2.28. The molecule has 0 aliphatic heterocycles. The molecule has 8 nitrogen and oxygen atoms in total. The Bertz CT molecular complexity index is 681. The summed E-state index contributed by atoms with van der Waals surface area (Å²) in [4.78, 5) is 35.7. The largest absolute Gasteiger partial charge is 0.493 e. The maximum atomic E-state index is 12.0. The van der Waals surface area contributed by atoms with Crippen LogP contribution in [0, 0.1) is 0 Å². The first-order valence-corrected chi connectivity index (χ1v) is 8.59. The molecule has 0 heterocycles. The van der Waals surface area contributed by atoms with Gasteiger partial charge in [0, 0.05) is 12.0 Å². The SMILES string of the molecule is COc1cccc(CCC(=O)O[C@H](C)C(=O)NC(=O)NC(C)(C)C)c1OC. The minimum absolute atomic E-state index is 0.0509. The molecule has 1 aromatic carbocycles. The Hall–Kier alpha value is -2.77. The monoisotopic (exact) mass is 380 g/mol. The van der Waals surface area contributed by atoms with Crippen molar-refractivity contribution < 1.29 is 28.6 Å². The van der Waals surface area contributed by atoms with Crippen molar-refractivity contribution in [3.63, 3.8) is 0 Å². The minimum atomic E-state index is -1.09. The molecule has 1 atom stereocenters. The van der Waals surface area contributed by atoms with Crippen LogP contribution in [0.3, 0.4) is 0 Å².